The number of nitrogens with zero attached hydrogens (tertiary/aromatic N) is 2. The highest BCUT2D eigenvalue weighted by atomic mass is 16.6. The molecule has 0 bridgehead atoms. The van der Waals surface area contributed by atoms with E-state index in [1.165, 1.54) is 0 Å². The highest BCUT2D eigenvalue weighted by molar-refractivity contribution is 5.57. The van der Waals surface area contributed by atoms with Gasteiger partial charge in [0.15, 0.2) is 0 Å². The van der Waals surface area contributed by atoms with Crippen LogP contribution in [0.1, 0.15) is 25.3 Å². The van der Waals surface area contributed by atoms with E-state index < -0.39 is 0 Å². The minimum atomic E-state index is -0.384. The third kappa shape index (κ3) is 2.13. The lowest BCUT2D eigenvalue weighted by molar-refractivity contribution is -0.384. The molecule has 1 fully saturated rings. The first-order valence-electron chi connectivity index (χ1n) is 5.44. The van der Waals surface area contributed by atoms with Crippen LogP contribution in [0.15, 0.2) is 12.3 Å². The van der Waals surface area contributed by atoms with Crippen molar-refractivity contribution in [3.05, 3.63) is 27.9 Å². The highest BCUT2D eigenvalue weighted by Crippen LogP contribution is 2.31. The van der Waals surface area contributed by atoms with Crippen LogP contribution in [0.5, 0.6) is 0 Å². The largest absolute Gasteiger partial charge is 0.362 e. The molecule has 16 heavy (non-hydrogen) atoms. The molecule has 1 aliphatic carbocycles. The molecule has 2 rings (SSSR count). The zero-order chi connectivity index (χ0) is 11.7. The zero-order valence-corrected chi connectivity index (χ0v) is 9.43. The summed E-state index contributed by atoms with van der Waals surface area (Å²) in [6.07, 6.45) is 3.77. The normalized spacial score (nSPS) is 23.6. The Labute approximate surface area is 94.0 Å². The van der Waals surface area contributed by atoms with Gasteiger partial charge >= 0.3 is 5.69 Å². The standard InChI is InChI=1S/C11H15N3O2/c1-7-3-9(4-7)13-11-10(14(15)16)5-8(2)6-12-11/h5-7,9H,3-4H2,1-2H3,(H,12,13). The quantitative estimate of drug-likeness (QED) is 0.629. The van der Waals surface area contributed by atoms with Crippen LogP contribution < -0.4 is 5.32 Å². The maximum absolute atomic E-state index is 10.9. The molecule has 0 atom stereocenters. The number of nitrogens with one attached hydrogen (secondary N) is 1. The summed E-state index contributed by atoms with van der Waals surface area (Å²) in [5.41, 5.74) is 0.874. The molecule has 5 nitrogen and oxygen atoms in total. The van der Waals surface area contributed by atoms with Gasteiger partial charge in [0.2, 0.25) is 5.82 Å². The van der Waals surface area contributed by atoms with Crippen LogP contribution >= 0.6 is 0 Å². The Morgan fingerprint density at radius 1 is 1.56 bits per heavy atom. The van der Waals surface area contributed by atoms with Gasteiger partial charge in [-0.1, -0.05) is 6.92 Å². The van der Waals surface area contributed by atoms with E-state index in [1.807, 2.05) is 0 Å². The van der Waals surface area contributed by atoms with Crippen LogP contribution in [-0.2, 0) is 0 Å². The van der Waals surface area contributed by atoms with E-state index in [4.69, 9.17) is 0 Å². The topological polar surface area (TPSA) is 68.1 Å². The fourth-order valence-electron chi connectivity index (χ4n) is 2.02. The highest BCUT2D eigenvalue weighted by Gasteiger charge is 2.27. The van der Waals surface area contributed by atoms with Crippen molar-refractivity contribution < 1.29 is 4.92 Å². The second kappa shape index (κ2) is 4.08. The maximum Gasteiger partial charge on any atom is 0.311 e. The summed E-state index contributed by atoms with van der Waals surface area (Å²) in [5, 5.41) is 14.0. The molecular formula is C11H15N3O2. The van der Waals surface area contributed by atoms with Crippen molar-refractivity contribution in [2.75, 3.05) is 5.32 Å². The molecule has 0 aromatic carbocycles. The predicted molar refractivity (Wildman–Crippen MR) is 61.4 cm³/mol. The van der Waals surface area contributed by atoms with E-state index in [0.29, 0.717) is 17.8 Å². The second-order valence-corrected chi connectivity index (χ2v) is 4.56. The smallest absolute Gasteiger partial charge is 0.311 e. The molecule has 5 heteroatoms. The third-order valence-corrected chi connectivity index (χ3v) is 2.92. The van der Waals surface area contributed by atoms with E-state index >= 15 is 0 Å². The van der Waals surface area contributed by atoms with Gasteiger partial charge in [0, 0.05) is 18.3 Å². The molecule has 0 aliphatic heterocycles. The van der Waals surface area contributed by atoms with Gasteiger partial charge in [-0.2, -0.15) is 0 Å². The predicted octanol–water partition coefficient (Wildman–Crippen LogP) is 2.51. The minimum absolute atomic E-state index is 0.0690. The number of nitro groups is 1. The van der Waals surface area contributed by atoms with Gasteiger partial charge in [0.05, 0.1) is 4.92 Å². The summed E-state index contributed by atoms with van der Waals surface area (Å²) in [5.74, 6) is 1.11. The third-order valence-electron chi connectivity index (χ3n) is 2.92. The molecule has 86 valence electrons. The zero-order valence-electron chi connectivity index (χ0n) is 9.43. The molecule has 0 saturated heterocycles. The van der Waals surface area contributed by atoms with Gasteiger partial charge in [0.25, 0.3) is 0 Å². The summed E-state index contributed by atoms with van der Waals surface area (Å²) in [6.45, 7) is 3.98. The number of anilines is 1. The van der Waals surface area contributed by atoms with Crippen molar-refractivity contribution in [3.63, 3.8) is 0 Å². The molecular weight excluding hydrogens is 206 g/mol. The van der Waals surface area contributed by atoms with Crippen molar-refractivity contribution >= 4 is 11.5 Å². The lowest BCUT2D eigenvalue weighted by atomic mass is 9.82. The van der Waals surface area contributed by atoms with Gasteiger partial charge in [-0.15, -0.1) is 0 Å². The summed E-state index contributed by atoms with van der Waals surface area (Å²) in [7, 11) is 0. The Morgan fingerprint density at radius 2 is 2.25 bits per heavy atom. The average molecular weight is 221 g/mol. The number of pyridine rings is 1. The van der Waals surface area contributed by atoms with Gasteiger partial charge in [-0.25, -0.2) is 4.98 Å². The van der Waals surface area contributed by atoms with Gasteiger partial charge in [0.1, 0.15) is 0 Å². The lowest BCUT2D eigenvalue weighted by Crippen LogP contribution is -2.34. The SMILES string of the molecule is Cc1cnc(NC2CC(C)C2)c([N+](=O)[O-])c1. The molecule has 1 N–H and O–H groups in total. The van der Waals surface area contributed by atoms with E-state index in [0.717, 1.165) is 18.4 Å². The summed E-state index contributed by atoms with van der Waals surface area (Å²) >= 11 is 0. The van der Waals surface area contributed by atoms with Crippen LogP contribution in [0.3, 0.4) is 0 Å². The molecule has 1 aliphatic rings. The second-order valence-electron chi connectivity index (χ2n) is 4.56. The molecule has 1 saturated carbocycles. The van der Waals surface area contributed by atoms with Crippen molar-refractivity contribution in [1.29, 1.82) is 0 Å². The number of hydrogen-bond donors (Lipinski definition) is 1. The minimum Gasteiger partial charge on any atom is -0.362 e. The van der Waals surface area contributed by atoms with Gasteiger partial charge in [-0.05, 0) is 31.2 Å². The fraction of sp³-hybridized carbons (Fsp3) is 0.545. The molecule has 0 amide bonds. The number of aryl methyl sites for hydroxylation is 1. The molecule has 0 unspecified atom stereocenters. The Morgan fingerprint density at radius 3 is 2.81 bits per heavy atom. The number of hydrogen-bond acceptors (Lipinski definition) is 4. The summed E-state index contributed by atoms with van der Waals surface area (Å²) < 4.78 is 0. The van der Waals surface area contributed by atoms with E-state index in [2.05, 4.69) is 17.2 Å². The monoisotopic (exact) mass is 221 g/mol. The van der Waals surface area contributed by atoms with E-state index in [-0.39, 0.29) is 10.6 Å². The van der Waals surface area contributed by atoms with Crippen LogP contribution in [0, 0.1) is 23.0 Å². The van der Waals surface area contributed by atoms with Crippen LogP contribution in [0.2, 0.25) is 0 Å². The average Bonchev–Trinajstić information content (AvgIpc) is 2.17. The Balaban J connectivity index is 2.16. The first-order chi connectivity index (χ1) is 7.56. The summed E-state index contributed by atoms with van der Waals surface area (Å²) in [4.78, 5) is 14.6. The van der Waals surface area contributed by atoms with Crippen molar-refractivity contribution in [2.24, 2.45) is 5.92 Å². The number of rotatable bonds is 3. The molecule has 0 radical (unpaired) electrons. The Hall–Kier alpha value is -1.65. The van der Waals surface area contributed by atoms with Crippen molar-refractivity contribution in [1.82, 2.24) is 4.98 Å². The van der Waals surface area contributed by atoms with E-state index in [1.54, 1.807) is 19.2 Å². The van der Waals surface area contributed by atoms with Crippen LogP contribution in [0.4, 0.5) is 11.5 Å². The number of aromatic nitrogens is 1. The first-order valence-corrected chi connectivity index (χ1v) is 5.44. The summed E-state index contributed by atoms with van der Waals surface area (Å²) in [6, 6.07) is 1.89. The Bertz CT molecular complexity index is 414. The molecule has 1 aromatic heterocycles. The molecule has 0 spiro atoms. The van der Waals surface area contributed by atoms with Gasteiger partial charge in [-0.3, -0.25) is 10.1 Å². The first kappa shape index (κ1) is 10.9. The van der Waals surface area contributed by atoms with Crippen LogP contribution in [0.25, 0.3) is 0 Å². The van der Waals surface area contributed by atoms with Crippen molar-refractivity contribution in [2.45, 2.75) is 32.7 Å². The van der Waals surface area contributed by atoms with E-state index in [9.17, 15) is 10.1 Å². The van der Waals surface area contributed by atoms with Gasteiger partial charge < -0.3 is 5.32 Å². The Kier molecular flexibility index (Phi) is 2.77. The molecule has 1 heterocycles. The molecule has 1 aromatic rings. The van der Waals surface area contributed by atoms with Crippen LogP contribution in [-0.4, -0.2) is 15.9 Å². The lowest BCUT2D eigenvalue weighted by Gasteiger charge is -2.33. The van der Waals surface area contributed by atoms with Crippen molar-refractivity contribution in [3.8, 4) is 0 Å². The fourth-order valence-corrected chi connectivity index (χ4v) is 2.02. The maximum atomic E-state index is 10.9.